The summed E-state index contributed by atoms with van der Waals surface area (Å²) in [4.78, 5) is 59.4. The summed E-state index contributed by atoms with van der Waals surface area (Å²) >= 11 is 0. The van der Waals surface area contributed by atoms with E-state index in [0.717, 1.165) is 108 Å². The molecule has 4 fully saturated rings. The van der Waals surface area contributed by atoms with Gasteiger partial charge in [0.1, 0.15) is 24.7 Å². The van der Waals surface area contributed by atoms with Crippen LogP contribution in [-0.4, -0.2) is 148 Å². The first-order valence-electron chi connectivity index (χ1n) is 30.8. The zero-order chi connectivity index (χ0) is 59.4. The molecule has 11 unspecified atom stereocenters. The number of benzene rings is 2. The second kappa shape index (κ2) is 28.1. The molecule has 0 aromatic heterocycles. The van der Waals surface area contributed by atoms with E-state index in [2.05, 4.69) is 152 Å². The number of ether oxygens (including phenoxy) is 5. The highest BCUT2D eigenvalue weighted by Crippen LogP contribution is 2.47. The number of hydrogen-bond donors (Lipinski definition) is 4. The molecule has 2 aliphatic carbocycles. The molecule has 0 radical (unpaired) electrons. The molecule has 2 aromatic carbocycles. The van der Waals surface area contributed by atoms with Crippen LogP contribution in [0.25, 0.3) is 0 Å². The maximum atomic E-state index is 13.6. The largest absolute Gasteiger partial charge is 0.490 e. The average Bonchev–Trinajstić information content (AvgIpc) is 4.35. The second-order valence-corrected chi connectivity index (χ2v) is 28.4. The Labute approximate surface area is 487 Å². The van der Waals surface area contributed by atoms with Crippen molar-refractivity contribution in [2.45, 2.75) is 216 Å². The molecule has 5 amide bonds. The van der Waals surface area contributed by atoms with Gasteiger partial charge in [-0.25, -0.2) is 19.2 Å². The third-order valence-corrected chi connectivity index (χ3v) is 18.0. The van der Waals surface area contributed by atoms with Crippen LogP contribution in [0.2, 0.25) is 0 Å². The molecule has 2 heterocycles. The number of alkyl carbamates (subject to hydrolysis) is 3. The van der Waals surface area contributed by atoms with Crippen LogP contribution in [0.3, 0.4) is 0 Å². The summed E-state index contributed by atoms with van der Waals surface area (Å²) in [6, 6.07) is 16.9. The van der Waals surface area contributed by atoms with Crippen molar-refractivity contribution in [1.82, 2.24) is 36.0 Å². The number of hydrogen-bond acceptors (Lipinski definition) is 11. The fourth-order valence-corrected chi connectivity index (χ4v) is 13.2. The molecule has 4 N–H and O–H groups in total. The summed E-state index contributed by atoms with van der Waals surface area (Å²) in [5, 5.41) is 12.6. The van der Waals surface area contributed by atoms with E-state index in [4.69, 9.17) is 23.7 Å². The van der Waals surface area contributed by atoms with Gasteiger partial charge in [0, 0.05) is 87.9 Å². The molecule has 2 saturated heterocycles. The number of urea groups is 1. The molecule has 11 atom stereocenters. The summed E-state index contributed by atoms with van der Waals surface area (Å²) in [6.07, 6.45) is 8.95. The van der Waals surface area contributed by atoms with Crippen LogP contribution < -0.4 is 30.7 Å². The van der Waals surface area contributed by atoms with Gasteiger partial charge in [-0.3, -0.25) is 9.80 Å². The minimum atomic E-state index is -0.479. The number of nitrogens with zero attached hydrogens (tertiary/aromatic N) is 3. The fourth-order valence-electron chi connectivity index (χ4n) is 13.2. The van der Waals surface area contributed by atoms with Gasteiger partial charge in [-0.1, -0.05) is 127 Å². The molecule has 6 rings (SSSR count). The Balaban J connectivity index is 0.976. The quantitative estimate of drug-likeness (QED) is 0.0451. The summed E-state index contributed by atoms with van der Waals surface area (Å²) in [7, 11) is 1.84. The highest BCUT2D eigenvalue weighted by atomic mass is 16.6. The first-order valence-corrected chi connectivity index (χ1v) is 30.8. The van der Waals surface area contributed by atoms with Crippen LogP contribution in [0, 0.1) is 27.1 Å². The molecule has 0 spiro atoms. The van der Waals surface area contributed by atoms with Gasteiger partial charge in [0.05, 0.1) is 6.61 Å². The summed E-state index contributed by atoms with van der Waals surface area (Å²) in [5.74, 6) is 1.39. The van der Waals surface area contributed by atoms with E-state index in [1.807, 2.05) is 31.3 Å². The molecule has 16 heteroatoms. The predicted octanol–water partition coefficient (Wildman–Crippen LogP) is 12.3. The van der Waals surface area contributed by atoms with Crippen molar-refractivity contribution < 1.29 is 42.9 Å². The lowest BCUT2D eigenvalue weighted by Gasteiger charge is -2.47. The zero-order valence-corrected chi connectivity index (χ0v) is 52.7. The minimum absolute atomic E-state index is 0.0277. The Bertz CT molecular complexity index is 2350. The van der Waals surface area contributed by atoms with Gasteiger partial charge >= 0.3 is 24.3 Å². The van der Waals surface area contributed by atoms with Gasteiger partial charge in [-0.2, -0.15) is 0 Å². The fraction of sp³-hybridized carbons (Fsp3) is 0.754. The van der Waals surface area contributed by atoms with Crippen molar-refractivity contribution in [2.75, 3.05) is 72.7 Å². The lowest BCUT2D eigenvalue weighted by atomic mass is 9.62. The number of rotatable bonds is 29. The van der Waals surface area contributed by atoms with Crippen molar-refractivity contribution >= 4 is 24.3 Å². The normalized spacial score (nSPS) is 27.0. The zero-order valence-electron chi connectivity index (χ0n) is 52.7. The van der Waals surface area contributed by atoms with Crippen LogP contribution in [0.5, 0.6) is 11.5 Å². The average molecular weight is 1130 g/mol. The van der Waals surface area contributed by atoms with E-state index >= 15 is 0 Å². The van der Waals surface area contributed by atoms with E-state index < -0.39 is 24.4 Å². The minimum Gasteiger partial charge on any atom is -0.490 e. The summed E-state index contributed by atoms with van der Waals surface area (Å²) in [5.41, 5.74) is 1.33. The van der Waals surface area contributed by atoms with E-state index in [-0.39, 0.29) is 69.9 Å². The molecular weight excluding hydrogens is 1020 g/mol. The molecular formula is C65H107N7O9. The topological polar surface area (TPSA) is 172 Å². The smallest absolute Gasteiger partial charge is 0.407 e. The van der Waals surface area contributed by atoms with Crippen LogP contribution in [0.4, 0.5) is 19.2 Å². The van der Waals surface area contributed by atoms with E-state index in [9.17, 15) is 19.2 Å². The molecule has 2 aliphatic heterocycles. The van der Waals surface area contributed by atoms with Crippen LogP contribution in [0.1, 0.15) is 185 Å². The summed E-state index contributed by atoms with van der Waals surface area (Å²) < 4.78 is 30.7. The molecule has 4 aliphatic rings. The number of amides is 5. The standard InChI is InChI=1S/C65H107N7O9/c1-16-19-29-63(12,18-3)45-79-58(75)68-50-31-60(6,7)42-65(14,33-50)44-67-57(74)80-54(37-71-35-46(71)4)39-77-52-25-21-48(22-26-52)62(10,11)49-23-27-53(28-24-49)78-40-55(38-72-36-47(72)5)81-59(76)69-51-32-61(8,9)41-64(13,34-51)43-66-56(73)70(15)30-20-17-2/h21-28,46-47,50-51,54-55H,16-20,29-45H2,1-15H3,(H,66,73)(H,67,74)(H,68,75)(H,69,76). The first-order chi connectivity index (χ1) is 38.0. The van der Waals surface area contributed by atoms with Gasteiger partial charge in [-0.15, -0.1) is 0 Å². The first kappa shape index (κ1) is 65.2. The number of nitrogens with one attached hydrogen (secondary N) is 4. The molecule has 16 nitrogen and oxygen atoms in total. The highest BCUT2D eigenvalue weighted by Gasteiger charge is 2.44. The Morgan fingerprint density at radius 1 is 0.642 bits per heavy atom. The number of unbranched alkanes of at least 4 members (excludes halogenated alkanes) is 2. The van der Waals surface area contributed by atoms with Crippen molar-refractivity contribution in [3.05, 3.63) is 59.7 Å². The SMILES string of the molecule is CCCCN(C)C(=O)NCC1(C)CC(NC(=O)OC(COc2ccc(C(C)(C)c3ccc(OCC(CN4CC4C)OC(=O)NCC4(C)CC(NC(=O)OCC(C)(CC)CCCC)CC(C)(C)C4)cc3)cc2)CN2CC2C)CC(C)(C)C1. The van der Waals surface area contributed by atoms with Crippen LogP contribution >= 0.6 is 0 Å². The van der Waals surface area contributed by atoms with Gasteiger partial charge in [0.25, 0.3) is 0 Å². The van der Waals surface area contributed by atoms with Crippen molar-refractivity contribution in [2.24, 2.45) is 27.1 Å². The Hall–Kier alpha value is -4.96. The van der Waals surface area contributed by atoms with Crippen molar-refractivity contribution in [3.63, 3.8) is 0 Å². The van der Waals surface area contributed by atoms with Gasteiger partial charge < -0.3 is 49.9 Å². The Morgan fingerprint density at radius 2 is 1.09 bits per heavy atom. The van der Waals surface area contributed by atoms with Crippen LogP contribution in [-0.2, 0) is 19.6 Å². The van der Waals surface area contributed by atoms with Crippen molar-refractivity contribution in [3.8, 4) is 11.5 Å². The van der Waals surface area contributed by atoms with Gasteiger partial charge in [0.15, 0.2) is 12.2 Å². The Kier molecular flexibility index (Phi) is 22.6. The number of carbonyl (C=O) groups is 4. The Morgan fingerprint density at radius 3 is 1.53 bits per heavy atom. The number of carbonyl (C=O) groups excluding carboxylic acids is 4. The molecule has 81 heavy (non-hydrogen) atoms. The third kappa shape index (κ3) is 20.7. The lowest BCUT2D eigenvalue weighted by molar-refractivity contribution is 0.0389. The maximum Gasteiger partial charge on any atom is 0.407 e. The van der Waals surface area contributed by atoms with Crippen LogP contribution in [0.15, 0.2) is 48.5 Å². The summed E-state index contributed by atoms with van der Waals surface area (Å²) in [6.45, 7) is 36.3. The molecule has 0 bridgehead atoms. The predicted molar refractivity (Wildman–Crippen MR) is 322 cm³/mol. The van der Waals surface area contributed by atoms with Crippen molar-refractivity contribution in [1.29, 1.82) is 0 Å². The van der Waals surface area contributed by atoms with E-state index in [0.29, 0.717) is 56.4 Å². The van der Waals surface area contributed by atoms with E-state index in [1.165, 1.54) is 0 Å². The van der Waals surface area contributed by atoms with Gasteiger partial charge in [-0.05, 0) is 129 Å². The van der Waals surface area contributed by atoms with Gasteiger partial charge in [0.2, 0.25) is 0 Å². The maximum absolute atomic E-state index is 13.6. The monoisotopic (exact) mass is 1130 g/mol. The highest BCUT2D eigenvalue weighted by molar-refractivity contribution is 5.74. The third-order valence-electron chi connectivity index (χ3n) is 18.0. The lowest BCUT2D eigenvalue weighted by Crippen LogP contribution is -2.52. The molecule has 456 valence electrons. The van der Waals surface area contributed by atoms with E-state index in [1.54, 1.807) is 4.90 Å². The second-order valence-electron chi connectivity index (χ2n) is 28.4. The molecule has 2 saturated carbocycles. The molecule has 2 aromatic rings.